The van der Waals surface area contributed by atoms with Crippen molar-refractivity contribution in [2.45, 2.75) is 11.4 Å². The van der Waals surface area contributed by atoms with Crippen LogP contribution in [0.3, 0.4) is 0 Å². The highest BCUT2D eigenvalue weighted by atomic mass is 32.2. The third kappa shape index (κ3) is 4.29. The molecule has 134 valence electrons. The van der Waals surface area contributed by atoms with E-state index < -0.39 is 21.7 Å². The number of benzene rings is 1. The van der Waals surface area contributed by atoms with Crippen LogP contribution in [0.5, 0.6) is 0 Å². The Labute approximate surface area is 148 Å². The zero-order valence-corrected chi connectivity index (χ0v) is 14.0. The van der Waals surface area contributed by atoms with E-state index in [2.05, 4.69) is 20.2 Å². The van der Waals surface area contributed by atoms with Gasteiger partial charge in [0.25, 0.3) is 5.91 Å². The number of halogens is 1. The Hall–Kier alpha value is -3.11. The van der Waals surface area contributed by atoms with Gasteiger partial charge in [-0.05, 0) is 18.2 Å². The molecule has 10 heteroatoms. The number of carbonyl (C=O) groups excluding carboxylic acids is 1. The minimum Gasteiger partial charge on any atom is -0.360 e. The zero-order valence-electron chi connectivity index (χ0n) is 13.2. The van der Waals surface area contributed by atoms with Gasteiger partial charge < -0.3 is 9.84 Å². The third-order valence-corrected chi connectivity index (χ3v) is 4.70. The number of sulfonamides is 1. The van der Waals surface area contributed by atoms with Gasteiger partial charge >= 0.3 is 0 Å². The van der Waals surface area contributed by atoms with E-state index in [1.54, 1.807) is 0 Å². The van der Waals surface area contributed by atoms with E-state index in [9.17, 15) is 17.6 Å². The van der Waals surface area contributed by atoms with Crippen molar-refractivity contribution in [2.24, 2.45) is 0 Å². The molecule has 3 aromatic rings. The normalized spacial score (nSPS) is 11.3. The molecule has 0 spiro atoms. The van der Waals surface area contributed by atoms with Gasteiger partial charge in [0.2, 0.25) is 10.0 Å². The number of nitrogens with zero attached hydrogens (tertiary/aromatic N) is 2. The maximum Gasteiger partial charge on any atom is 0.255 e. The predicted molar refractivity (Wildman–Crippen MR) is 89.1 cm³/mol. The van der Waals surface area contributed by atoms with Gasteiger partial charge in [-0.2, -0.15) is 0 Å². The average Bonchev–Trinajstić information content (AvgIpc) is 3.14. The van der Waals surface area contributed by atoms with Gasteiger partial charge in [-0.15, -0.1) is 0 Å². The lowest BCUT2D eigenvalue weighted by Crippen LogP contribution is -2.23. The molecule has 0 aliphatic heterocycles. The van der Waals surface area contributed by atoms with Crippen LogP contribution < -0.4 is 10.0 Å². The van der Waals surface area contributed by atoms with Crippen molar-refractivity contribution in [1.29, 1.82) is 0 Å². The van der Waals surface area contributed by atoms with Crippen molar-refractivity contribution in [1.82, 2.24) is 14.9 Å². The fourth-order valence-corrected chi connectivity index (χ4v) is 3.11. The summed E-state index contributed by atoms with van der Waals surface area (Å²) >= 11 is 0. The fraction of sp³-hybridized carbons (Fsp3) is 0.0625. The monoisotopic (exact) mass is 376 g/mol. The zero-order chi connectivity index (χ0) is 18.6. The van der Waals surface area contributed by atoms with Gasteiger partial charge in [0.1, 0.15) is 5.82 Å². The lowest BCUT2D eigenvalue weighted by Gasteiger charge is -2.08. The Kier molecular flexibility index (Phi) is 5.05. The summed E-state index contributed by atoms with van der Waals surface area (Å²) < 4.78 is 45.0. The smallest absolute Gasteiger partial charge is 0.255 e. The SMILES string of the molecule is O=C(Nc1cncc(F)c1)c1cccc(S(=O)(=O)NCc2ccno2)c1. The van der Waals surface area contributed by atoms with Crippen molar-refractivity contribution in [2.75, 3.05) is 5.32 Å². The van der Waals surface area contributed by atoms with Gasteiger partial charge in [0.05, 0.1) is 35.7 Å². The number of anilines is 1. The molecule has 0 bridgehead atoms. The molecular weight excluding hydrogens is 363 g/mol. The summed E-state index contributed by atoms with van der Waals surface area (Å²) in [6, 6.07) is 8.07. The fourth-order valence-electron chi connectivity index (χ4n) is 2.07. The molecule has 26 heavy (non-hydrogen) atoms. The first kappa shape index (κ1) is 17.7. The number of hydrogen-bond donors (Lipinski definition) is 2. The molecule has 8 nitrogen and oxygen atoms in total. The van der Waals surface area contributed by atoms with Crippen LogP contribution in [0.4, 0.5) is 10.1 Å². The highest BCUT2D eigenvalue weighted by Crippen LogP contribution is 2.14. The van der Waals surface area contributed by atoms with Crippen LogP contribution in [0.2, 0.25) is 0 Å². The molecule has 0 saturated heterocycles. The first-order chi connectivity index (χ1) is 12.4. The molecule has 0 aliphatic rings. The number of carbonyl (C=O) groups is 1. The molecule has 0 aliphatic carbocycles. The molecule has 0 atom stereocenters. The van der Waals surface area contributed by atoms with E-state index in [4.69, 9.17) is 4.52 Å². The van der Waals surface area contributed by atoms with Gasteiger partial charge in [0.15, 0.2) is 5.76 Å². The summed E-state index contributed by atoms with van der Waals surface area (Å²) in [5.41, 5.74) is 0.253. The molecule has 0 radical (unpaired) electrons. The largest absolute Gasteiger partial charge is 0.360 e. The van der Waals surface area contributed by atoms with Crippen molar-refractivity contribution in [3.63, 3.8) is 0 Å². The summed E-state index contributed by atoms with van der Waals surface area (Å²) in [4.78, 5) is 15.8. The van der Waals surface area contributed by atoms with Gasteiger partial charge in [0, 0.05) is 17.7 Å². The van der Waals surface area contributed by atoms with Crippen LogP contribution in [0.25, 0.3) is 0 Å². The first-order valence-corrected chi connectivity index (χ1v) is 8.83. The van der Waals surface area contributed by atoms with Crippen LogP contribution in [-0.4, -0.2) is 24.5 Å². The van der Waals surface area contributed by atoms with Crippen LogP contribution >= 0.6 is 0 Å². The molecule has 2 heterocycles. The second kappa shape index (κ2) is 7.42. The van der Waals surface area contributed by atoms with E-state index in [0.717, 1.165) is 12.3 Å². The van der Waals surface area contributed by atoms with Crippen molar-refractivity contribution in [3.8, 4) is 0 Å². The lowest BCUT2D eigenvalue weighted by atomic mass is 10.2. The van der Waals surface area contributed by atoms with Gasteiger partial charge in [-0.25, -0.2) is 17.5 Å². The predicted octanol–water partition coefficient (Wildman–Crippen LogP) is 1.94. The van der Waals surface area contributed by atoms with Crippen molar-refractivity contribution < 1.29 is 22.1 Å². The third-order valence-electron chi connectivity index (χ3n) is 3.30. The Balaban J connectivity index is 1.75. The summed E-state index contributed by atoms with van der Waals surface area (Å²) in [5.74, 6) is -0.846. The van der Waals surface area contributed by atoms with Gasteiger partial charge in [-0.3, -0.25) is 9.78 Å². The van der Waals surface area contributed by atoms with Crippen molar-refractivity contribution >= 4 is 21.6 Å². The summed E-state index contributed by atoms with van der Waals surface area (Å²) in [6.45, 7) is -0.0757. The molecule has 1 aromatic carbocycles. The van der Waals surface area contributed by atoms with E-state index in [-0.39, 0.29) is 22.7 Å². The minimum absolute atomic E-state index is 0.0757. The molecule has 2 N–H and O–H groups in total. The maximum atomic E-state index is 13.1. The number of pyridine rings is 1. The second-order valence-electron chi connectivity index (χ2n) is 5.18. The molecule has 0 unspecified atom stereocenters. The molecular formula is C16H13FN4O4S. The topological polar surface area (TPSA) is 114 Å². The standard InChI is InChI=1S/C16H13FN4O4S/c17-12-7-13(9-18-8-12)21-16(22)11-2-1-3-15(6-11)26(23,24)20-10-14-4-5-19-25-14/h1-9,20H,10H2,(H,21,22). The number of amides is 1. The minimum atomic E-state index is -3.86. The average molecular weight is 376 g/mol. The molecule has 1 amide bonds. The molecule has 0 saturated carbocycles. The van der Waals surface area contributed by atoms with Gasteiger partial charge in [-0.1, -0.05) is 11.2 Å². The highest BCUT2D eigenvalue weighted by Gasteiger charge is 2.17. The number of aromatic nitrogens is 2. The summed E-state index contributed by atoms with van der Waals surface area (Å²) in [7, 11) is -3.86. The van der Waals surface area contributed by atoms with E-state index in [1.165, 1.54) is 42.7 Å². The van der Waals surface area contributed by atoms with Crippen LogP contribution in [0.1, 0.15) is 16.1 Å². The Morgan fingerprint density at radius 3 is 2.77 bits per heavy atom. The summed E-state index contributed by atoms with van der Waals surface area (Å²) in [6.07, 6.45) is 3.68. The lowest BCUT2D eigenvalue weighted by molar-refractivity contribution is 0.102. The van der Waals surface area contributed by atoms with Crippen LogP contribution in [0, 0.1) is 5.82 Å². The number of rotatable bonds is 6. The summed E-state index contributed by atoms with van der Waals surface area (Å²) in [5, 5.41) is 5.94. The van der Waals surface area contributed by atoms with Crippen molar-refractivity contribution in [3.05, 3.63) is 72.1 Å². The first-order valence-electron chi connectivity index (χ1n) is 7.35. The maximum absolute atomic E-state index is 13.1. The molecule has 0 fully saturated rings. The Bertz CT molecular complexity index is 1020. The number of nitrogens with one attached hydrogen (secondary N) is 2. The van der Waals surface area contributed by atoms with Crippen LogP contribution in [0.15, 0.2) is 64.4 Å². The molecule has 3 rings (SSSR count). The van der Waals surface area contributed by atoms with E-state index in [0.29, 0.717) is 5.76 Å². The number of hydrogen-bond acceptors (Lipinski definition) is 6. The van der Waals surface area contributed by atoms with Crippen LogP contribution in [-0.2, 0) is 16.6 Å². The highest BCUT2D eigenvalue weighted by molar-refractivity contribution is 7.89. The Morgan fingerprint density at radius 2 is 2.04 bits per heavy atom. The quantitative estimate of drug-likeness (QED) is 0.680. The molecule has 2 aromatic heterocycles. The second-order valence-corrected chi connectivity index (χ2v) is 6.94. The Morgan fingerprint density at radius 1 is 1.19 bits per heavy atom. The van der Waals surface area contributed by atoms with E-state index >= 15 is 0 Å². The van der Waals surface area contributed by atoms with E-state index in [1.807, 2.05) is 0 Å².